The van der Waals surface area contributed by atoms with Gasteiger partial charge in [0.1, 0.15) is 0 Å². The lowest BCUT2D eigenvalue weighted by molar-refractivity contribution is -0.146. The highest BCUT2D eigenvalue weighted by molar-refractivity contribution is 9.10. The number of hydrogen-bond donors (Lipinski definition) is 1. The number of ether oxygens (including phenoxy) is 1. The molecule has 0 aliphatic carbocycles. The van der Waals surface area contributed by atoms with E-state index in [1.807, 2.05) is 0 Å². The summed E-state index contributed by atoms with van der Waals surface area (Å²) in [6.45, 7) is 0.576. The summed E-state index contributed by atoms with van der Waals surface area (Å²) in [5, 5.41) is 8.73. The number of carbonyl (C=O) groups is 4. The van der Waals surface area contributed by atoms with E-state index in [-0.39, 0.29) is 18.4 Å². The van der Waals surface area contributed by atoms with E-state index < -0.39 is 36.0 Å². The minimum atomic E-state index is -1.19. The van der Waals surface area contributed by atoms with Gasteiger partial charge in [0.2, 0.25) is 0 Å². The highest BCUT2D eigenvalue weighted by Gasteiger charge is 2.29. The summed E-state index contributed by atoms with van der Waals surface area (Å²) >= 11 is 3.17. The molecule has 0 aromatic carbocycles. The zero-order valence-electron chi connectivity index (χ0n) is 11.7. The third-order valence-corrected chi connectivity index (χ3v) is 3.19. The van der Waals surface area contributed by atoms with Crippen molar-refractivity contribution in [2.24, 2.45) is 5.92 Å². The van der Waals surface area contributed by atoms with E-state index in [4.69, 9.17) is 5.11 Å². The molecule has 8 heteroatoms. The van der Waals surface area contributed by atoms with Crippen LogP contribution in [0.5, 0.6) is 0 Å². The molecule has 0 bridgehead atoms. The number of esters is 1. The number of carboxylic acids is 1. The van der Waals surface area contributed by atoms with Gasteiger partial charge in [-0.3, -0.25) is 24.2 Å². The number of aromatic nitrogens is 1. The summed E-state index contributed by atoms with van der Waals surface area (Å²) in [4.78, 5) is 49.7. The minimum Gasteiger partial charge on any atom is -0.481 e. The maximum atomic E-state index is 12.4. The minimum absolute atomic E-state index is 0.166. The smallest absolute Gasteiger partial charge is 0.303 e. The summed E-state index contributed by atoms with van der Waals surface area (Å²) < 4.78 is 5.15. The molecule has 22 heavy (non-hydrogen) atoms. The van der Waals surface area contributed by atoms with E-state index >= 15 is 0 Å². The van der Waals surface area contributed by atoms with Crippen molar-refractivity contribution in [2.75, 3.05) is 6.61 Å². The van der Waals surface area contributed by atoms with Crippen molar-refractivity contribution in [3.63, 3.8) is 0 Å². The van der Waals surface area contributed by atoms with Crippen molar-refractivity contribution in [3.8, 4) is 0 Å². The van der Waals surface area contributed by atoms with Crippen molar-refractivity contribution in [1.82, 2.24) is 4.98 Å². The van der Waals surface area contributed by atoms with Gasteiger partial charge in [-0.2, -0.15) is 0 Å². The Morgan fingerprint density at radius 1 is 1.32 bits per heavy atom. The molecule has 1 aromatic heterocycles. The molecule has 0 saturated heterocycles. The van der Waals surface area contributed by atoms with Gasteiger partial charge in [0, 0.05) is 35.8 Å². The SMILES string of the molecule is CC(=O)OCC(=O)C(CCC(=O)O)C(=O)c1cncc(Br)c1. The average molecular weight is 372 g/mol. The number of rotatable bonds is 8. The Morgan fingerprint density at radius 3 is 2.55 bits per heavy atom. The van der Waals surface area contributed by atoms with E-state index in [0.29, 0.717) is 4.47 Å². The van der Waals surface area contributed by atoms with E-state index in [1.54, 1.807) is 0 Å². The Hall–Kier alpha value is -2.09. The van der Waals surface area contributed by atoms with Gasteiger partial charge in [-0.25, -0.2) is 0 Å². The predicted octanol–water partition coefficient (Wildman–Crippen LogP) is 1.64. The molecule has 1 atom stereocenters. The Bertz CT molecular complexity index is 601. The third-order valence-electron chi connectivity index (χ3n) is 2.76. The van der Waals surface area contributed by atoms with Crippen LogP contribution in [-0.2, 0) is 19.1 Å². The molecule has 0 aliphatic heterocycles. The number of halogens is 1. The first kappa shape index (κ1) is 18.0. The fraction of sp³-hybridized carbons (Fsp3) is 0.357. The zero-order chi connectivity index (χ0) is 16.7. The Balaban J connectivity index is 2.92. The molecule has 118 valence electrons. The average Bonchev–Trinajstić information content (AvgIpc) is 2.44. The van der Waals surface area contributed by atoms with Gasteiger partial charge in [-0.05, 0) is 28.4 Å². The maximum absolute atomic E-state index is 12.4. The molecule has 0 fully saturated rings. The van der Waals surface area contributed by atoms with Crippen LogP contribution in [0.3, 0.4) is 0 Å². The van der Waals surface area contributed by atoms with Gasteiger partial charge >= 0.3 is 11.9 Å². The summed E-state index contributed by atoms with van der Waals surface area (Å²) in [5.41, 5.74) is 0.181. The summed E-state index contributed by atoms with van der Waals surface area (Å²) in [5.74, 6) is -4.15. The largest absolute Gasteiger partial charge is 0.481 e. The number of ketones is 2. The number of hydrogen-bond acceptors (Lipinski definition) is 6. The number of carboxylic acid groups (broad SMARTS) is 1. The lowest BCUT2D eigenvalue weighted by Gasteiger charge is -2.14. The molecular weight excluding hydrogens is 358 g/mol. The molecule has 1 unspecified atom stereocenters. The lowest BCUT2D eigenvalue weighted by atomic mass is 9.90. The number of nitrogens with zero attached hydrogens (tertiary/aromatic N) is 1. The Morgan fingerprint density at radius 2 is 2.00 bits per heavy atom. The van der Waals surface area contributed by atoms with Crippen molar-refractivity contribution in [2.45, 2.75) is 19.8 Å². The van der Waals surface area contributed by atoms with Crippen LogP contribution in [0.25, 0.3) is 0 Å². The van der Waals surface area contributed by atoms with Gasteiger partial charge in [-0.15, -0.1) is 0 Å². The van der Waals surface area contributed by atoms with Gasteiger partial charge in [0.05, 0.1) is 5.92 Å². The van der Waals surface area contributed by atoms with Gasteiger partial charge < -0.3 is 9.84 Å². The molecule has 0 spiro atoms. The van der Waals surface area contributed by atoms with E-state index in [2.05, 4.69) is 25.7 Å². The van der Waals surface area contributed by atoms with Crippen LogP contribution in [0.15, 0.2) is 22.9 Å². The molecule has 0 amide bonds. The number of carbonyl (C=O) groups excluding carboxylic acids is 3. The molecule has 0 radical (unpaired) electrons. The highest BCUT2D eigenvalue weighted by Crippen LogP contribution is 2.18. The van der Waals surface area contributed by atoms with Crippen molar-refractivity contribution < 1.29 is 29.0 Å². The van der Waals surface area contributed by atoms with Crippen molar-refractivity contribution in [3.05, 3.63) is 28.5 Å². The van der Waals surface area contributed by atoms with E-state index in [0.717, 1.165) is 6.92 Å². The number of pyridine rings is 1. The second kappa shape index (κ2) is 8.38. The molecule has 1 heterocycles. The topological polar surface area (TPSA) is 111 Å². The van der Waals surface area contributed by atoms with Gasteiger partial charge in [0.25, 0.3) is 0 Å². The van der Waals surface area contributed by atoms with Crippen molar-refractivity contribution in [1.29, 1.82) is 0 Å². The first-order valence-corrected chi connectivity index (χ1v) is 7.13. The van der Waals surface area contributed by atoms with Crippen LogP contribution in [0.4, 0.5) is 0 Å². The molecule has 1 aromatic rings. The van der Waals surface area contributed by atoms with Gasteiger partial charge in [-0.1, -0.05) is 0 Å². The molecule has 1 rings (SSSR count). The quantitative estimate of drug-likeness (QED) is 0.420. The fourth-order valence-corrected chi connectivity index (χ4v) is 2.09. The molecule has 1 N–H and O–H groups in total. The molecule has 0 aliphatic rings. The first-order chi connectivity index (χ1) is 10.3. The van der Waals surface area contributed by atoms with Gasteiger partial charge in [0.15, 0.2) is 18.2 Å². The van der Waals surface area contributed by atoms with Crippen LogP contribution in [0.1, 0.15) is 30.1 Å². The second-order valence-electron chi connectivity index (χ2n) is 4.49. The summed E-state index contributed by atoms with van der Waals surface area (Å²) in [6, 6.07) is 1.49. The lowest BCUT2D eigenvalue weighted by Crippen LogP contribution is -2.29. The number of Topliss-reactive ketones (excluding diaryl/α,β-unsaturated/α-hetero) is 2. The monoisotopic (exact) mass is 371 g/mol. The molecule has 7 nitrogen and oxygen atoms in total. The second-order valence-corrected chi connectivity index (χ2v) is 5.40. The van der Waals surface area contributed by atoms with E-state index in [1.165, 1.54) is 18.5 Å². The highest BCUT2D eigenvalue weighted by atomic mass is 79.9. The molecular formula is C14H14BrNO6. The zero-order valence-corrected chi connectivity index (χ0v) is 13.3. The van der Waals surface area contributed by atoms with Crippen LogP contribution < -0.4 is 0 Å². The molecule has 0 saturated carbocycles. The number of aliphatic carboxylic acids is 1. The third kappa shape index (κ3) is 5.72. The Labute approximate surface area is 134 Å². The fourth-order valence-electron chi connectivity index (χ4n) is 1.73. The summed E-state index contributed by atoms with van der Waals surface area (Å²) in [6.07, 6.45) is 2.26. The van der Waals surface area contributed by atoms with Crippen LogP contribution in [0, 0.1) is 5.92 Å². The summed E-state index contributed by atoms with van der Waals surface area (Å²) in [7, 11) is 0. The maximum Gasteiger partial charge on any atom is 0.303 e. The van der Waals surface area contributed by atoms with Crippen LogP contribution in [0.2, 0.25) is 0 Å². The first-order valence-electron chi connectivity index (χ1n) is 6.34. The van der Waals surface area contributed by atoms with E-state index in [9.17, 15) is 19.2 Å². The standard InChI is InChI=1S/C14H14BrNO6/c1-8(17)22-7-12(18)11(2-3-13(19)20)14(21)9-4-10(15)6-16-5-9/h4-6,11H,2-3,7H2,1H3,(H,19,20). The van der Waals surface area contributed by atoms with Crippen molar-refractivity contribution >= 4 is 39.4 Å². The van der Waals surface area contributed by atoms with Crippen LogP contribution in [-0.4, -0.2) is 40.2 Å². The predicted molar refractivity (Wildman–Crippen MR) is 78.3 cm³/mol. The Kier molecular flexibility index (Phi) is 6.84. The normalized spacial score (nSPS) is 11.5. The van der Waals surface area contributed by atoms with Crippen LogP contribution >= 0.6 is 15.9 Å².